The molecular weight excluding hydrogens is 345 g/mol. The summed E-state index contributed by atoms with van der Waals surface area (Å²) >= 11 is 0. The van der Waals surface area contributed by atoms with Crippen molar-refractivity contribution >= 4 is 25.7 Å². The monoisotopic (exact) mass is 365 g/mol. The molecule has 23 heavy (non-hydrogen) atoms. The van der Waals surface area contributed by atoms with Crippen LogP contribution >= 0.6 is 0 Å². The summed E-state index contributed by atoms with van der Waals surface area (Å²) in [6.45, 7) is 2.87. The Morgan fingerprint density at radius 2 is 2.00 bits per heavy atom. The van der Waals surface area contributed by atoms with E-state index in [1.807, 2.05) is 11.6 Å². The average Bonchev–Trinajstić information content (AvgIpc) is 2.84. The maximum absolute atomic E-state index is 14.0. The zero-order valence-electron chi connectivity index (χ0n) is 12.9. The first-order chi connectivity index (χ1) is 10.5. The molecule has 0 bridgehead atoms. The minimum Gasteiger partial charge on any atom is -0.330 e. The van der Waals surface area contributed by atoms with Gasteiger partial charge in [-0.2, -0.15) is 4.31 Å². The van der Waals surface area contributed by atoms with Gasteiger partial charge in [0.2, 0.25) is 20.0 Å². The molecule has 1 aliphatic rings. The van der Waals surface area contributed by atoms with Crippen LogP contribution in [0.15, 0.2) is 23.1 Å². The molecule has 0 saturated carbocycles. The van der Waals surface area contributed by atoms with E-state index in [4.69, 9.17) is 5.73 Å². The number of benzene rings is 1. The Hall–Kier alpha value is -1.23. The van der Waals surface area contributed by atoms with Crippen molar-refractivity contribution < 1.29 is 21.2 Å². The highest BCUT2D eigenvalue weighted by molar-refractivity contribution is 7.92. The van der Waals surface area contributed by atoms with Gasteiger partial charge in [0.05, 0.1) is 16.8 Å². The van der Waals surface area contributed by atoms with Gasteiger partial charge in [-0.25, -0.2) is 21.2 Å². The van der Waals surface area contributed by atoms with Crippen LogP contribution in [0.1, 0.15) is 13.3 Å². The first-order valence-electron chi connectivity index (χ1n) is 6.94. The van der Waals surface area contributed by atoms with Crippen molar-refractivity contribution in [2.45, 2.75) is 18.2 Å². The van der Waals surface area contributed by atoms with Crippen molar-refractivity contribution in [2.24, 2.45) is 11.1 Å². The topological polar surface area (TPSA) is 110 Å². The second-order valence-corrected chi connectivity index (χ2v) is 9.81. The second kappa shape index (κ2) is 6.00. The Kier molecular flexibility index (Phi) is 4.73. The molecule has 1 aromatic carbocycles. The molecule has 10 heteroatoms. The lowest BCUT2D eigenvalue weighted by Crippen LogP contribution is -2.34. The molecule has 1 saturated heterocycles. The Bertz CT molecular complexity index is 811. The van der Waals surface area contributed by atoms with Crippen LogP contribution in [-0.2, 0) is 20.0 Å². The van der Waals surface area contributed by atoms with Crippen LogP contribution in [0.3, 0.4) is 0 Å². The third kappa shape index (κ3) is 4.00. The van der Waals surface area contributed by atoms with Gasteiger partial charge in [0.15, 0.2) is 0 Å². The number of anilines is 1. The summed E-state index contributed by atoms with van der Waals surface area (Å²) in [5.41, 5.74) is 5.09. The molecule has 130 valence electrons. The fourth-order valence-electron chi connectivity index (χ4n) is 2.44. The number of hydrogen-bond acceptors (Lipinski definition) is 5. The summed E-state index contributed by atoms with van der Waals surface area (Å²) < 4.78 is 64.7. The highest BCUT2D eigenvalue weighted by atomic mass is 32.2. The van der Waals surface area contributed by atoms with Crippen LogP contribution in [0.5, 0.6) is 0 Å². The summed E-state index contributed by atoms with van der Waals surface area (Å²) in [6, 6.07) is 3.10. The highest BCUT2D eigenvalue weighted by Crippen LogP contribution is 2.33. The number of nitrogens with one attached hydrogen (secondary N) is 1. The number of hydrogen-bond donors (Lipinski definition) is 2. The predicted octanol–water partition coefficient (Wildman–Crippen LogP) is 0.557. The van der Waals surface area contributed by atoms with E-state index in [9.17, 15) is 21.2 Å². The van der Waals surface area contributed by atoms with Crippen LogP contribution < -0.4 is 10.5 Å². The number of halogens is 1. The fraction of sp³-hybridized carbons (Fsp3) is 0.538. The minimum absolute atomic E-state index is 0.213. The lowest BCUT2D eigenvalue weighted by atomic mass is 9.90. The molecule has 1 atom stereocenters. The molecule has 1 fully saturated rings. The van der Waals surface area contributed by atoms with E-state index in [0.29, 0.717) is 19.5 Å². The average molecular weight is 365 g/mol. The predicted molar refractivity (Wildman–Crippen MR) is 85.4 cm³/mol. The van der Waals surface area contributed by atoms with E-state index in [-0.39, 0.29) is 22.5 Å². The maximum atomic E-state index is 14.0. The first kappa shape index (κ1) is 18.1. The Morgan fingerprint density at radius 3 is 2.48 bits per heavy atom. The van der Waals surface area contributed by atoms with E-state index < -0.39 is 25.9 Å². The molecule has 3 N–H and O–H groups in total. The standard InChI is InChI=1S/C13H20FN3O4S2/c1-13(8-15)5-6-17(9-13)23(20,21)10-3-4-12(11(14)7-10)16-22(2,18)19/h3-4,7,16H,5-6,8-9,15H2,1-2H3. The third-order valence-corrected chi connectivity index (χ3v) is 6.32. The summed E-state index contributed by atoms with van der Waals surface area (Å²) in [5.74, 6) is -0.947. The van der Waals surface area contributed by atoms with Crippen molar-refractivity contribution in [3.05, 3.63) is 24.0 Å². The number of rotatable bonds is 5. The van der Waals surface area contributed by atoms with Gasteiger partial charge in [-0.15, -0.1) is 0 Å². The third-order valence-electron chi connectivity index (χ3n) is 3.89. The lowest BCUT2D eigenvalue weighted by molar-refractivity contribution is 0.349. The van der Waals surface area contributed by atoms with Gasteiger partial charge in [0.25, 0.3) is 0 Å². The van der Waals surface area contributed by atoms with E-state index in [1.165, 1.54) is 10.4 Å². The van der Waals surface area contributed by atoms with Crippen LogP contribution in [0.4, 0.5) is 10.1 Å². The second-order valence-electron chi connectivity index (χ2n) is 6.12. The van der Waals surface area contributed by atoms with Gasteiger partial charge in [-0.3, -0.25) is 4.72 Å². The zero-order valence-corrected chi connectivity index (χ0v) is 14.5. The molecule has 0 amide bonds. The lowest BCUT2D eigenvalue weighted by Gasteiger charge is -2.22. The van der Waals surface area contributed by atoms with E-state index in [0.717, 1.165) is 18.4 Å². The Balaban J connectivity index is 2.30. The molecular formula is C13H20FN3O4S2. The quantitative estimate of drug-likeness (QED) is 0.792. The van der Waals surface area contributed by atoms with Crippen molar-refractivity contribution in [1.29, 1.82) is 0 Å². The van der Waals surface area contributed by atoms with Crippen LogP contribution in [0.25, 0.3) is 0 Å². The van der Waals surface area contributed by atoms with Gasteiger partial charge in [-0.05, 0) is 36.6 Å². The first-order valence-corrected chi connectivity index (χ1v) is 10.3. The van der Waals surface area contributed by atoms with Gasteiger partial charge in [-0.1, -0.05) is 6.92 Å². The molecule has 0 aliphatic carbocycles. The van der Waals surface area contributed by atoms with Crippen molar-refractivity contribution in [2.75, 3.05) is 30.6 Å². The molecule has 0 radical (unpaired) electrons. The maximum Gasteiger partial charge on any atom is 0.243 e. The van der Waals surface area contributed by atoms with E-state index >= 15 is 0 Å². The Morgan fingerprint density at radius 1 is 1.35 bits per heavy atom. The van der Waals surface area contributed by atoms with Gasteiger partial charge in [0, 0.05) is 13.1 Å². The molecule has 0 aromatic heterocycles. The summed E-state index contributed by atoms with van der Waals surface area (Å²) in [5, 5.41) is 0. The van der Waals surface area contributed by atoms with Crippen LogP contribution in [0.2, 0.25) is 0 Å². The largest absolute Gasteiger partial charge is 0.330 e. The number of nitrogens with two attached hydrogens (primary N) is 1. The normalized spacial score (nSPS) is 23.1. The number of nitrogens with zero attached hydrogens (tertiary/aromatic N) is 1. The number of sulfonamides is 2. The van der Waals surface area contributed by atoms with Gasteiger partial charge >= 0.3 is 0 Å². The van der Waals surface area contributed by atoms with E-state index in [2.05, 4.69) is 0 Å². The molecule has 7 nitrogen and oxygen atoms in total. The van der Waals surface area contributed by atoms with Crippen LogP contribution in [-0.4, -0.2) is 47.0 Å². The molecule has 2 rings (SSSR count). The van der Waals surface area contributed by atoms with E-state index in [1.54, 1.807) is 0 Å². The van der Waals surface area contributed by atoms with Gasteiger partial charge in [0.1, 0.15) is 5.82 Å². The smallest absolute Gasteiger partial charge is 0.243 e. The minimum atomic E-state index is -3.84. The molecule has 1 heterocycles. The van der Waals surface area contributed by atoms with Gasteiger partial charge < -0.3 is 5.73 Å². The Labute approximate surface area is 135 Å². The highest BCUT2D eigenvalue weighted by Gasteiger charge is 2.39. The molecule has 0 spiro atoms. The SMILES string of the molecule is CC1(CN)CCN(S(=O)(=O)c2ccc(NS(C)(=O)=O)c(F)c2)C1. The molecule has 1 aliphatic heterocycles. The van der Waals surface area contributed by atoms with Crippen LogP contribution in [0, 0.1) is 11.2 Å². The summed E-state index contributed by atoms with van der Waals surface area (Å²) in [7, 11) is -7.49. The van der Waals surface area contributed by atoms with Crippen molar-refractivity contribution in [3.63, 3.8) is 0 Å². The molecule has 1 unspecified atom stereocenters. The zero-order chi connectivity index (χ0) is 17.5. The fourth-order valence-corrected chi connectivity index (χ4v) is 4.61. The van der Waals surface area contributed by atoms with Crippen molar-refractivity contribution in [3.8, 4) is 0 Å². The van der Waals surface area contributed by atoms with Crippen molar-refractivity contribution in [1.82, 2.24) is 4.31 Å². The summed E-state index contributed by atoms with van der Waals surface area (Å²) in [4.78, 5) is -0.213. The molecule has 1 aromatic rings. The summed E-state index contributed by atoms with van der Waals surface area (Å²) in [6.07, 6.45) is 1.52.